The zero-order chi connectivity index (χ0) is 18.1. The first-order valence-electron chi connectivity index (χ1n) is 8.66. The summed E-state index contributed by atoms with van der Waals surface area (Å²) < 4.78 is 1.14. The summed E-state index contributed by atoms with van der Waals surface area (Å²) in [6.07, 6.45) is 2.04. The van der Waals surface area contributed by atoms with E-state index in [0.717, 1.165) is 39.5 Å². The van der Waals surface area contributed by atoms with Crippen LogP contribution in [0.25, 0.3) is 15.9 Å². The lowest BCUT2D eigenvalue weighted by Crippen LogP contribution is -2.34. The van der Waals surface area contributed by atoms with Crippen LogP contribution in [0, 0.1) is 5.92 Å². The van der Waals surface area contributed by atoms with E-state index in [1.54, 1.807) is 11.3 Å². The Morgan fingerprint density at radius 3 is 2.92 bits per heavy atom. The number of carbonyl (C=O) groups is 1. The van der Waals surface area contributed by atoms with Gasteiger partial charge in [-0.15, -0.1) is 11.3 Å². The van der Waals surface area contributed by atoms with Crippen molar-refractivity contribution in [1.82, 2.24) is 14.8 Å². The minimum atomic E-state index is -0.893. The number of thiazole rings is 1. The number of aromatic nitrogens is 1. The molecule has 1 atom stereocenters. The third kappa shape index (κ3) is 3.85. The van der Waals surface area contributed by atoms with Gasteiger partial charge in [0.2, 0.25) is 0 Å². The number of rotatable bonds is 4. The van der Waals surface area contributed by atoms with Crippen molar-refractivity contribution in [1.29, 1.82) is 0 Å². The third-order valence-corrected chi connectivity index (χ3v) is 5.74. The fourth-order valence-electron chi connectivity index (χ4n) is 2.96. The highest BCUT2D eigenvalue weighted by molar-refractivity contribution is 7.18. The molecule has 1 aliphatic heterocycles. The minimum Gasteiger partial charge on any atom is -0.465 e. The molecule has 1 amide bonds. The second-order valence-electron chi connectivity index (χ2n) is 7.12. The first-order valence-corrected chi connectivity index (χ1v) is 9.47. The molecule has 0 saturated heterocycles. The third-order valence-electron chi connectivity index (χ3n) is 4.72. The molecule has 0 aliphatic carbocycles. The maximum atomic E-state index is 11.6. The number of hydrogen-bond acceptors (Lipinski definition) is 4. The van der Waals surface area contributed by atoms with Gasteiger partial charge in [0.15, 0.2) is 0 Å². The normalized spacial score (nSPS) is 18.2. The lowest BCUT2D eigenvalue weighted by molar-refractivity contribution is 0.159. The van der Waals surface area contributed by atoms with Crippen LogP contribution >= 0.6 is 11.3 Å². The number of hydrogen-bond donors (Lipinski definition) is 1. The SMILES string of the molecule is CC(C)N(C)Cc1nc2cc(C3=CC[C@H](C)CN3C(=O)O)ccc2s1. The van der Waals surface area contributed by atoms with E-state index < -0.39 is 6.09 Å². The lowest BCUT2D eigenvalue weighted by Gasteiger charge is -2.29. The van der Waals surface area contributed by atoms with Crippen molar-refractivity contribution in [2.45, 2.75) is 39.8 Å². The van der Waals surface area contributed by atoms with Gasteiger partial charge < -0.3 is 5.11 Å². The largest absolute Gasteiger partial charge is 0.465 e. The quantitative estimate of drug-likeness (QED) is 0.873. The van der Waals surface area contributed by atoms with Crippen LogP contribution < -0.4 is 0 Å². The molecule has 3 rings (SSSR count). The molecular weight excluding hydrogens is 334 g/mol. The Labute approximate surface area is 152 Å². The highest BCUT2D eigenvalue weighted by Crippen LogP contribution is 2.31. The van der Waals surface area contributed by atoms with E-state index >= 15 is 0 Å². The van der Waals surface area contributed by atoms with Gasteiger partial charge in [0.25, 0.3) is 0 Å². The average Bonchev–Trinajstić information content (AvgIpc) is 2.95. The summed E-state index contributed by atoms with van der Waals surface area (Å²) in [6, 6.07) is 6.55. The average molecular weight is 359 g/mol. The summed E-state index contributed by atoms with van der Waals surface area (Å²) >= 11 is 1.70. The van der Waals surface area contributed by atoms with Crippen molar-refractivity contribution in [3.8, 4) is 0 Å². The van der Waals surface area contributed by atoms with Gasteiger partial charge in [-0.3, -0.25) is 9.80 Å². The molecule has 1 N–H and O–H groups in total. The van der Waals surface area contributed by atoms with Crippen LogP contribution in [0.4, 0.5) is 4.79 Å². The van der Waals surface area contributed by atoms with Crippen molar-refractivity contribution >= 4 is 33.3 Å². The monoisotopic (exact) mass is 359 g/mol. The molecule has 2 aromatic rings. The number of carboxylic acid groups (broad SMARTS) is 1. The molecule has 1 aliphatic rings. The fourth-order valence-corrected chi connectivity index (χ4v) is 3.97. The number of benzene rings is 1. The first-order chi connectivity index (χ1) is 11.8. The summed E-state index contributed by atoms with van der Waals surface area (Å²) in [5.74, 6) is 0.348. The molecule has 1 aromatic heterocycles. The zero-order valence-electron chi connectivity index (χ0n) is 15.2. The summed E-state index contributed by atoms with van der Waals surface area (Å²) in [5, 5.41) is 10.6. The van der Waals surface area contributed by atoms with E-state index in [0.29, 0.717) is 18.5 Å². The number of amides is 1. The molecule has 5 nitrogen and oxygen atoms in total. The molecule has 1 aromatic carbocycles. The highest BCUT2D eigenvalue weighted by atomic mass is 32.1. The summed E-state index contributed by atoms with van der Waals surface area (Å²) in [6.45, 7) is 7.78. The van der Waals surface area contributed by atoms with Gasteiger partial charge in [0.1, 0.15) is 5.01 Å². The van der Waals surface area contributed by atoms with E-state index in [2.05, 4.69) is 38.8 Å². The van der Waals surface area contributed by atoms with Gasteiger partial charge in [-0.25, -0.2) is 9.78 Å². The van der Waals surface area contributed by atoms with Gasteiger partial charge in [-0.2, -0.15) is 0 Å². The van der Waals surface area contributed by atoms with Crippen LogP contribution in [0.1, 0.15) is 37.8 Å². The highest BCUT2D eigenvalue weighted by Gasteiger charge is 2.25. The molecule has 0 unspecified atom stereocenters. The van der Waals surface area contributed by atoms with Gasteiger partial charge in [-0.05, 0) is 45.4 Å². The van der Waals surface area contributed by atoms with Crippen molar-refractivity contribution in [3.63, 3.8) is 0 Å². The maximum absolute atomic E-state index is 11.6. The summed E-state index contributed by atoms with van der Waals surface area (Å²) in [7, 11) is 2.10. The van der Waals surface area contributed by atoms with E-state index in [4.69, 9.17) is 4.98 Å². The van der Waals surface area contributed by atoms with Gasteiger partial charge in [0.05, 0.1) is 22.5 Å². The number of fused-ring (bicyclic) bond motifs is 1. The molecule has 0 fully saturated rings. The first kappa shape index (κ1) is 17.9. The Balaban J connectivity index is 1.91. The Morgan fingerprint density at radius 1 is 1.48 bits per heavy atom. The van der Waals surface area contributed by atoms with Crippen molar-refractivity contribution in [3.05, 3.63) is 34.8 Å². The Bertz CT molecular complexity index is 812. The molecule has 0 bridgehead atoms. The van der Waals surface area contributed by atoms with Crippen molar-refractivity contribution < 1.29 is 9.90 Å². The predicted octanol–water partition coefficient (Wildman–Crippen LogP) is 4.50. The van der Waals surface area contributed by atoms with Crippen LogP contribution in [-0.4, -0.2) is 45.6 Å². The lowest BCUT2D eigenvalue weighted by atomic mass is 9.98. The predicted molar refractivity (Wildman–Crippen MR) is 103 cm³/mol. The molecule has 6 heteroatoms. The molecule has 2 heterocycles. The maximum Gasteiger partial charge on any atom is 0.411 e. The van der Waals surface area contributed by atoms with Gasteiger partial charge in [-0.1, -0.05) is 19.1 Å². The molecule has 25 heavy (non-hydrogen) atoms. The van der Waals surface area contributed by atoms with Crippen molar-refractivity contribution in [2.24, 2.45) is 5.92 Å². The molecular formula is C19H25N3O2S. The summed E-state index contributed by atoms with van der Waals surface area (Å²) in [4.78, 5) is 20.1. The summed E-state index contributed by atoms with van der Waals surface area (Å²) in [5.41, 5.74) is 2.65. The smallest absolute Gasteiger partial charge is 0.411 e. The Kier molecular flexibility index (Phi) is 5.11. The zero-order valence-corrected chi connectivity index (χ0v) is 16.0. The van der Waals surface area contributed by atoms with Crippen LogP contribution in [-0.2, 0) is 6.54 Å². The van der Waals surface area contributed by atoms with E-state index in [1.807, 2.05) is 18.2 Å². The van der Waals surface area contributed by atoms with E-state index in [-0.39, 0.29) is 0 Å². The van der Waals surface area contributed by atoms with Crippen molar-refractivity contribution in [2.75, 3.05) is 13.6 Å². The Hall–Kier alpha value is -1.92. The van der Waals surface area contributed by atoms with E-state index in [9.17, 15) is 9.90 Å². The molecule has 0 spiro atoms. The number of nitrogens with zero attached hydrogens (tertiary/aromatic N) is 3. The van der Waals surface area contributed by atoms with Crippen LogP contribution in [0.3, 0.4) is 0 Å². The topological polar surface area (TPSA) is 56.7 Å². The molecule has 134 valence electrons. The molecule has 0 radical (unpaired) electrons. The van der Waals surface area contributed by atoms with Crippen LogP contribution in [0.15, 0.2) is 24.3 Å². The number of allylic oxidation sites excluding steroid dienone is 1. The minimum absolute atomic E-state index is 0.348. The standard InChI is InChI=1S/C19H25N3O2S/c1-12(2)21(4)11-18-20-15-9-14(6-8-17(15)25-18)16-7-5-13(3)10-22(16)19(23)24/h6-9,12-13H,5,10-11H2,1-4H3,(H,23,24)/t13-/m0/s1. The van der Waals surface area contributed by atoms with Gasteiger partial charge in [0, 0.05) is 18.2 Å². The van der Waals surface area contributed by atoms with Gasteiger partial charge >= 0.3 is 6.09 Å². The van der Waals surface area contributed by atoms with E-state index in [1.165, 1.54) is 4.90 Å². The molecule has 0 saturated carbocycles. The van der Waals surface area contributed by atoms with Crippen LogP contribution in [0.2, 0.25) is 0 Å². The second kappa shape index (κ2) is 7.14. The second-order valence-corrected chi connectivity index (χ2v) is 8.24. The Morgan fingerprint density at radius 2 is 2.24 bits per heavy atom. The van der Waals surface area contributed by atoms with Crippen LogP contribution in [0.5, 0.6) is 0 Å². The fraction of sp³-hybridized carbons (Fsp3) is 0.474.